The summed E-state index contributed by atoms with van der Waals surface area (Å²) < 4.78 is 5.15. The van der Waals surface area contributed by atoms with Gasteiger partial charge in [0.1, 0.15) is 0 Å². The van der Waals surface area contributed by atoms with Gasteiger partial charge in [-0.25, -0.2) is 9.78 Å². The first-order valence-electron chi connectivity index (χ1n) is 9.89. The highest BCUT2D eigenvalue weighted by atomic mass is 35.5. The molecule has 1 aromatic heterocycles. The van der Waals surface area contributed by atoms with Gasteiger partial charge in [0.15, 0.2) is 17.5 Å². The monoisotopic (exact) mass is 476 g/mol. The fourth-order valence-corrected chi connectivity index (χ4v) is 4.05. The molecule has 3 aromatic carbocycles. The van der Waals surface area contributed by atoms with Crippen LogP contribution in [0.15, 0.2) is 84.2 Å². The van der Waals surface area contributed by atoms with Crippen LogP contribution in [-0.2, 0) is 9.53 Å². The summed E-state index contributed by atoms with van der Waals surface area (Å²) in [6, 6.07) is 22.2. The fraction of sp³-hybridized carbons (Fsp3) is 0.0400. The predicted octanol–water partition coefficient (Wildman–Crippen LogP) is 5.49. The number of carbonyl (C=O) groups is 3. The number of esters is 1. The summed E-state index contributed by atoms with van der Waals surface area (Å²) in [6.07, 6.45) is 0. The third kappa shape index (κ3) is 5.34. The van der Waals surface area contributed by atoms with Crippen LogP contribution < -0.4 is 5.32 Å². The van der Waals surface area contributed by atoms with E-state index >= 15 is 0 Å². The van der Waals surface area contributed by atoms with Crippen molar-refractivity contribution in [1.29, 1.82) is 0 Å². The molecule has 1 N–H and O–H groups in total. The standard InChI is InChI=1S/C25H17ClN2O4S/c26-20-13-7-6-12-19(20)21-15-33-25(27-21)28-22(29)14-32-24(31)18-11-5-4-10-17(18)23(30)16-8-2-1-3-9-16/h1-13,15H,14H2,(H,27,28,29). The zero-order valence-electron chi connectivity index (χ0n) is 17.2. The smallest absolute Gasteiger partial charge is 0.339 e. The summed E-state index contributed by atoms with van der Waals surface area (Å²) in [6.45, 7) is -0.520. The number of hydrogen-bond donors (Lipinski definition) is 1. The second-order valence-electron chi connectivity index (χ2n) is 6.88. The number of hydrogen-bond acceptors (Lipinski definition) is 6. The molecule has 164 valence electrons. The summed E-state index contributed by atoms with van der Waals surface area (Å²) in [5.41, 5.74) is 2.13. The lowest BCUT2D eigenvalue weighted by molar-refractivity contribution is -0.119. The second-order valence-corrected chi connectivity index (χ2v) is 8.15. The molecule has 0 spiro atoms. The van der Waals surface area contributed by atoms with Crippen LogP contribution in [0.5, 0.6) is 0 Å². The van der Waals surface area contributed by atoms with Crippen LogP contribution in [0.4, 0.5) is 5.13 Å². The van der Waals surface area contributed by atoms with Crippen LogP contribution in [0.1, 0.15) is 26.3 Å². The van der Waals surface area contributed by atoms with Gasteiger partial charge in [0, 0.05) is 27.1 Å². The maximum atomic E-state index is 12.8. The molecule has 0 fully saturated rings. The first kappa shape index (κ1) is 22.4. The normalized spacial score (nSPS) is 10.5. The van der Waals surface area contributed by atoms with Crippen molar-refractivity contribution in [3.8, 4) is 11.3 Å². The number of aromatic nitrogens is 1. The van der Waals surface area contributed by atoms with E-state index in [1.165, 1.54) is 17.4 Å². The Hall–Kier alpha value is -3.81. The van der Waals surface area contributed by atoms with Gasteiger partial charge >= 0.3 is 5.97 Å². The Labute approximate surface area is 198 Å². The number of rotatable bonds is 7. The molecular formula is C25H17ClN2O4S. The molecule has 4 aromatic rings. The number of carbonyl (C=O) groups excluding carboxylic acids is 3. The molecule has 0 atom stereocenters. The summed E-state index contributed by atoms with van der Waals surface area (Å²) >= 11 is 7.42. The highest BCUT2D eigenvalue weighted by Gasteiger charge is 2.20. The van der Waals surface area contributed by atoms with E-state index in [1.807, 2.05) is 18.2 Å². The number of amides is 1. The zero-order chi connectivity index (χ0) is 23.2. The lowest BCUT2D eigenvalue weighted by atomic mass is 9.98. The van der Waals surface area contributed by atoms with E-state index in [9.17, 15) is 14.4 Å². The fourth-order valence-electron chi connectivity index (χ4n) is 3.09. The average Bonchev–Trinajstić information content (AvgIpc) is 3.31. The third-order valence-corrected chi connectivity index (χ3v) is 5.75. The lowest BCUT2D eigenvalue weighted by Crippen LogP contribution is -2.22. The number of benzene rings is 3. The molecule has 8 heteroatoms. The Morgan fingerprint density at radius 2 is 1.55 bits per heavy atom. The van der Waals surface area contributed by atoms with Crippen molar-refractivity contribution in [2.75, 3.05) is 11.9 Å². The minimum Gasteiger partial charge on any atom is -0.452 e. The number of halogens is 1. The molecule has 0 aliphatic rings. The molecule has 1 heterocycles. The molecule has 0 bridgehead atoms. The molecule has 33 heavy (non-hydrogen) atoms. The molecule has 0 saturated heterocycles. The maximum Gasteiger partial charge on any atom is 0.339 e. The molecule has 0 radical (unpaired) electrons. The number of nitrogens with zero attached hydrogens (tertiary/aromatic N) is 1. The van der Waals surface area contributed by atoms with Gasteiger partial charge in [-0.05, 0) is 12.1 Å². The molecule has 0 saturated carbocycles. The Morgan fingerprint density at radius 1 is 0.879 bits per heavy atom. The van der Waals surface area contributed by atoms with Crippen molar-refractivity contribution in [2.45, 2.75) is 0 Å². The number of thiazole rings is 1. The van der Waals surface area contributed by atoms with Crippen molar-refractivity contribution < 1.29 is 19.1 Å². The first-order valence-corrected chi connectivity index (χ1v) is 11.1. The number of nitrogens with one attached hydrogen (secondary N) is 1. The summed E-state index contributed by atoms with van der Waals surface area (Å²) in [5.74, 6) is -1.61. The summed E-state index contributed by atoms with van der Waals surface area (Å²) in [5, 5.41) is 5.28. The topological polar surface area (TPSA) is 85.4 Å². The van der Waals surface area contributed by atoms with Crippen LogP contribution in [0, 0.1) is 0 Å². The van der Waals surface area contributed by atoms with Gasteiger partial charge in [0.25, 0.3) is 5.91 Å². The molecule has 0 unspecified atom stereocenters. The van der Waals surface area contributed by atoms with E-state index in [4.69, 9.17) is 16.3 Å². The highest BCUT2D eigenvalue weighted by Crippen LogP contribution is 2.30. The largest absolute Gasteiger partial charge is 0.452 e. The van der Waals surface area contributed by atoms with E-state index in [-0.39, 0.29) is 16.9 Å². The van der Waals surface area contributed by atoms with Crippen LogP contribution >= 0.6 is 22.9 Å². The van der Waals surface area contributed by atoms with E-state index in [0.29, 0.717) is 21.4 Å². The second kappa shape index (κ2) is 10.2. The first-order chi connectivity index (χ1) is 16.0. The lowest BCUT2D eigenvalue weighted by Gasteiger charge is -2.09. The highest BCUT2D eigenvalue weighted by molar-refractivity contribution is 7.14. The summed E-state index contributed by atoms with van der Waals surface area (Å²) in [7, 11) is 0. The van der Waals surface area contributed by atoms with Gasteiger partial charge in [-0.2, -0.15) is 0 Å². The Balaban J connectivity index is 1.39. The third-order valence-electron chi connectivity index (χ3n) is 4.66. The van der Waals surface area contributed by atoms with Gasteiger partial charge in [0.2, 0.25) is 0 Å². The predicted molar refractivity (Wildman–Crippen MR) is 128 cm³/mol. The van der Waals surface area contributed by atoms with Crippen molar-refractivity contribution in [3.05, 3.63) is 106 Å². The molecule has 0 aliphatic carbocycles. The average molecular weight is 477 g/mol. The van der Waals surface area contributed by atoms with E-state index in [2.05, 4.69) is 10.3 Å². The quantitative estimate of drug-likeness (QED) is 0.281. The number of anilines is 1. The van der Waals surface area contributed by atoms with Gasteiger partial charge in [0.05, 0.1) is 11.3 Å². The van der Waals surface area contributed by atoms with Crippen LogP contribution in [0.25, 0.3) is 11.3 Å². The minimum atomic E-state index is -0.763. The summed E-state index contributed by atoms with van der Waals surface area (Å²) in [4.78, 5) is 42.0. The Morgan fingerprint density at radius 3 is 2.30 bits per heavy atom. The Bertz CT molecular complexity index is 1320. The SMILES string of the molecule is O=C(COC(=O)c1ccccc1C(=O)c1ccccc1)Nc1nc(-c2ccccc2Cl)cs1. The van der Waals surface area contributed by atoms with Crippen LogP contribution in [0.2, 0.25) is 5.02 Å². The Kier molecular flexibility index (Phi) is 6.92. The zero-order valence-corrected chi connectivity index (χ0v) is 18.7. The molecule has 1 amide bonds. The van der Waals surface area contributed by atoms with Gasteiger partial charge in [-0.15, -0.1) is 11.3 Å². The number of ether oxygens (including phenoxy) is 1. The maximum absolute atomic E-state index is 12.8. The number of ketones is 1. The van der Waals surface area contributed by atoms with Crippen molar-refractivity contribution in [1.82, 2.24) is 4.98 Å². The molecular weight excluding hydrogens is 460 g/mol. The van der Waals surface area contributed by atoms with E-state index in [1.54, 1.807) is 60.0 Å². The van der Waals surface area contributed by atoms with E-state index < -0.39 is 18.5 Å². The minimum absolute atomic E-state index is 0.0920. The van der Waals surface area contributed by atoms with Gasteiger partial charge in [-0.1, -0.05) is 78.3 Å². The molecule has 0 aliphatic heterocycles. The van der Waals surface area contributed by atoms with Gasteiger partial charge in [-0.3, -0.25) is 14.9 Å². The van der Waals surface area contributed by atoms with Crippen LogP contribution in [-0.4, -0.2) is 29.3 Å². The molecule has 6 nitrogen and oxygen atoms in total. The molecule has 4 rings (SSSR count). The van der Waals surface area contributed by atoms with Crippen molar-refractivity contribution in [2.24, 2.45) is 0 Å². The van der Waals surface area contributed by atoms with Crippen molar-refractivity contribution >= 4 is 45.7 Å². The van der Waals surface area contributed by atoms with Gasteiger partial charge < -0.3 is 4.74 Å². The van der Waals surface area contributed by atoms with E-state index in [0.717, 1.165) is 5.56 Å². The van der Waals surface area contributed by atoms with Crippen LogP contribution in [0.3, 0.4) is 0 Å². The van der Waals surface area contributed by atoms with Crippen molar-refractivity contribution in [3.63, 3.8) is 0 Å².